The summed E-state index contributed by atoms with van der Waals surface area (Å²) < 4.78 is 37.5. The fraction of sp³-hybridized carbons (Fsp3) is 0.250. The quantitative estimate of drug-likeness (QED) is 0.735. The molecule has 1 aromatic carbocycles. The maximum atomic E-state index is 12.5. The van der Waals surface area contributed by atoms with Gasteiger partial charge in [-0.3, -0.25) is 0 Å². The van der Waals surface area contributed by atoms with Gasteiger partial charge in [-0.05, 0) is 13.8 Å². The van der Waals surface area contributed by atoms with Crippen LogP contribution in [0.4, 0.5) is 13.2 Å². The van der Waals surface area contributed by atoms with Gasteiger partial charge in [0.2, 0.25) is 0 Å². The number of benzene rings is 1. The van der Waals surface area contributed by atoms with Crippen LogP contribution < -0.4 is 0 Å². The van der Waals surface area contributed by atoms with Gasteiger partial charge in [0.1, 0.15) is 0 Å². The summed E-state index contributed by atoms with van der Waals surface area (Å²) in [5, 5.41) is -0.787. The van der Waals surface area contributed by atoms with E-state index in [0.717, 1.165) is 11.1 Å². The molecule has 0 fully saturated rings. The highest BCUT2D eigenvalue weighted by Gasteiger charge is 2.35. The first-order chi connectivity index (χ1) is 7.88. The number of hydrogen-bond acceptors (Lipinski definition) is 2. The molecule has 2 rings (SSSR count). The first-order valence-corrected chi connectivity index (χ1v) is 5.81. The van der Waals surface area contributed by atoms with Gasteiger partial charge in [0, 0.05) is 10.4 Å². The van der Waals surface area contributed by atoms with Gasteiger partial charge in [0.25, 0.3) is 0 Å². The first kappa shape index (κ1) is 12.1. The van der Waals surface area contributed by atoms with Crippen molar-refractivity contribution in [2.75, 3.05) is 0 Å². The minimum absolute atomic E-state index is 0.419. The number of rotatable bonds is 1. The van der Waals surface area contributed by atoms with Crippen LogP contribution in [-0.2, 0) is 6.18 Å². The summed E-state index contributed by atoms with van der Waals surface area (Å²) >= 11 is 0.684. The predicted octanol–water partition coefficient (Wildman–Crippen LogP) is 4.45. The highest BCUT2D eigenvalue weighted by Crippen LogP contribution is 2.37. The number of nitrogens with zero attached hydrogens (tertiary/aromatic N) is 1. The average Bonchev–Trinajstić information content (AvgIpc) is 2.61. The molecule has 0 N–H and O–H groups in total. The standard InChI is InChI=1S/C12H10F3NS/c1-7-3-5-9(6-4-7)10-8(2)17-11(16-10)12(13,14)15/h3-6H,1-2H3. The number of thiazole rings is 1. The Morgan fingerprint density at radius 2 is 1.65 bits per heavy atom. The van der Waals surface area contributed by atoms with E-state index in [9.17, 15) is 13.2 Å². The fourth-order valence-corrected chi connectivity index (χ4v) is 2.30. The van der Waals surface area contributed by atoms with Crippen molar-refractivity contribution in [2.24, 2.45) is 0 Å². The van der Waals surface area contributed by atoms with Gasteiger partial charge in [-0.15, -0.1) is 11.3 Å². The largest absolute Gasteiger partial charge is 0.443 e. The molecule has 1 heterocycles. The number of aryl methyl sites for hydroxylation is 2. The van der Waals surface area contributed by atoms with Crippen LogP contribution in [0.5, 0.6) is 0 Å². The van der Waals surface area contributed by atoms with Gasteiger partial charge >= 0.3 is 6.18 Å². The molecule has 0 spiro atoms. The van der Waals surface area contributed by atoms with E-state index in [1.807, 2.05) is 19.1 Å². The number of halogens is 3. The van der Waals surface area contributed by atoms with E-state index in [-0.39, 0.29) is 0 Å². The highest BCUT2D eigenvalue weighted by molar-refractivity contribution is 7.12. The Morgan fingerprint density at radius 1 is 1.06 bits per heavy atom. The summed E-state index contributed by atoms with van der Waals surface area (Å²) in [6.45, 7) is 3.58. The molecule has 2 aromatic rings. The Labute approximate surface area is 101 Å². The van der Waals surface area contributed by atoms with Crippen LogP contribution in [0.3, 0.4) is 0 Å². The highest BCUT2D eigenvalue weighted by atomic mass is 32.1. The SMILES string of the molecule is Cc1ccc(-c2nc(C(F)(F)F)sc2C)cc1. The molecule has 90 valence electrons. The minimum Gasteiger partial charge on any atom is -0.232 e. The maximum absolute atomic E-state index is 12.5. The molecule has 0 bridgehead atoms. The topological polar surface area (TPSA) is 12.9 Å². The Morgan fingerprint density at radius 3 is 2.12 bits per heavy atom. The zero-order chi connectivity index (χ0) is 12.6. The van der Waals surface area contributed by atoms with Crippen molar-refractivity contribution in [3.05, 3.63) is 39.7 Å². The molecular weight excluding hydrogens is 247 g/mol. The van der Waals surface area contributed by atoms with Crippen LogP contribution in [0.2, 0.25) is 0 Å². The summed E-state index contributed by atoms with van der Waals surface area (Å²) in [6.07, 6.45) is -4.36. The van der Waals surface area contributed by atoms with E-state index < -0.39 is 11.2 Å². The number of aromatic nitrogens is 1. The van der Waals surface area contributed by atoms with Crippen LogP contribution in [0.25, 0.3) is 11.3 Å². The molecule has 0 aliphatic carbocycles. The van der Waals surface area contributed by atoms with Gasteiger partial charge in [0.15, 0.2) is 5.01 Å². The van der Waals surface area contributed by atoms with Crippen molar-refractivity contribution in [3.8, 4) is 11.3 Å². The molecule has 17 heavy (non-hydrogen) atoms. The normalized spacial score (nSPS) is 11.8. The predicted molar refractivity (Wildman–Crippen MR) is 62.0 cm³/mol. The second kappa shape index (κ2) is 4.14. The Balaban J connectivity index is 2.46. The summed E-state index contributed by atoms with van der Waals surface area (Å²) in [7, 11) is 0. The molecule has 0 saturated carbocycles. The van der Waals surface area contributed by atoms with Crippen LogP contribution in [0, 0.1) is 13.8 Å². The van der Waals surface area contributed by atoms with Crippen molar-refractivity contribution >= 4 is 11.3 Å². The molecule has 1 aromatic heterocycles. The molecule has 0 radical (unpaired) electrons. The van der Waals surface area contributed by atoms with Crippen LogP contribution in [0.15, 0.2) is 24.3 Å². The number of hydrogen-bond donors (Lipinski definition) is 0. The van der Waals surface area contributed by atoms with Crippen molar-refractivity contribution in [1.29, 1.82) is 0 Å². The average molecular weight is 257 g/mol. The van der Waals surface area contributed by atoms with Crippen molar-refractivity contribution in [2.45, 2.75) is 20.0 Å². The Kier molecular flexibility index (Phi) is 2.95. The summed E-state index contributed by atoms with van der Waals surface area (Å²) in [6, 6.07) is 7.30. The molecular formula is C12H10F3NS. The molecule has 0 aliphatic heterocycles. The summed E-state index contributed by atoms with van der Waals surface area (Å²) in [4.78, 5) is 4.26. The second-order valence-corrected chi connectivity index (χ2v) is 4.99. The van der Waals surface area contributed by atoms with Crippen molar-refractivity contribution in [3.63, 3.8) is 0 Å². The zero-order valence-electron chi connectivity index (χ0n) is 9.30. The van der Waals surface area contributed by atoms with Gasteiger partial charge in [-0.2, -0.15) is 13.2 Å². The molecule has 0 unspecified atom stereocenters. The maximum Gasteiger partial charge on any atom is 0.443 e. The first-order valence-electron chi connectivity index (χ1n) is 4.99. The van der Waals surface area contributed by atoms with E-state index in [0.29, 0.717) is 21.9 Å². The molecule has 0 atom stereocenters. The zero-order valence-corrected chi connectivity index (χ0v) is 10.1. The molecule has 0 amide bonds. The lowest BCUT2D eigenvalue weighted by molar-refractivity contribution is -0.137. The molecule has 0 saturated heterocycles. The minimum atomic E-state index is -4.36. The van der Waals surface area contributed by atoms with E-state index in [2.05, 4.69) is 4.98 Å². The fourth-order valence-electron chi connectivity index (χ4n) is 1.50. The third kappa shape index (κ3) is 2.49. The van der Waals surface area contributed by atoms with Crippen LogP contribution in [-0.4, -0.2) is 4.98 Å². The second-order valence-electron chi connectivity index (χ2n) is 3.79. The van der Waals surface area contributed by atoms with E-state index in [1.165, 1.54) is 0 Å². The number of alkyl halides is 3. The lowest BCUT2D eigenvalue weighted by atomic mass is 10.1. The third-order valence-electron chi connectivity index (χ3n) is 2.36. The van der Waals surface area contributed by atoms with Crippen molar-refractivity contribution in [1.82, 2.24) is 4.98 Å². The van der Waals surface area contributed by atoms with E-state index >= 15 is 0 Å². The lowest BCUT2D eigenvalue weighted by Gasteiger charge is -2.00. The summed E-state index contributed by atoms with van der Waals surface area (Å²) in [5.41, 5.74) is 2.21. The van der Waals surface area contributed by atoms with Crippen molar-refractivity contribution < 1.29 is 13.2 Å². The molecule has 5 heteroatoms. The Bertz CT molecular complexity index is 526. The summed E-state index contributed by atoms with van der Waals surface area (Å²) in [5.74, 6) is 0. The van der Waals surface area contributed by atoms with Gasteiger partial charge in [-0.25, -0.2) is 4.98 Å². The smallest absolute Gasteiger partial charge is 0.232 e. The molecule has 1 nitrogen and oxygen atoms in total. The van der Waals surface area contributed by atoms with Gasteiger partial charge < -0.3 is 0 Å². The van der Waals surface area contributed by atoms with E-state index in [4.69, 9.17) is 0 Å². The monoisotopic (exact) mass is 257 g/mol. The van der Waals surface area contributed by atoms with Crippen LogP contribution >= 0.6 is 11.3 Å². The molecule has 0 aliphatic rings. The Hall–Kier alpha value is -1.36. The van der Waals surface area contributed by atoms with Crippen LogP contribution in [0.1, 0.15) is 15.4 Å². The van der Waals surface area contributed by atoms with Gasteiger partial charge in [-0.1, -0.05) is 29.8 Å². The lowest BCUT2D eigenvalue weighted by Crippen LogP contribution is -2.03. The van der Waals surface area contributed by atoms with E-state index in [1.54, 1.807) is 19.1 Å². The van der Waals surface area contributed by atoms with Gasteiger partial charge in [0.05, 0.1) is 5.69 Å². The third-order valence-corrected chi connectivity index (χ3v) is 3.38.